The van der Waals surface area contributed by atoms with Gasteiger partial charge in [0.1, 0.15) is 0 Å². The van der Waals surface area contributed by atoms with Crippen molar-refractivity contribution in [3.8, 4) is 0 Å². The lowest BCUT2D eigenvalue weighted by Gasteiger charge is -2.17. The predicted molar refractivity (Wildman–Crippen MR) is 86.1 cm³/mol. The van der Waals surface area contributed by atoms with Crippen LogP contribution < -0.4 is 5.32 Å². The van der Waals surface area contributed by atoms with Crippen LogP contribution in [0.1, 0.15) is 19.4 Å². The molecule has 0 unspecified atom stereocenters. The molecule has 0 aliphatic heterocycles. The summed E-state index contributed by atoms with van der Waals surface area (Å²) in [5.74, 6) is 0. The van der Waals surface area contributed by atoms with E-state index in [4.69, 9.17) is 0 Å². The van der Waals surface area contributed by atoms with Gasteiger partial charge in [0, 0.05) is 30.7 Å². The van der Waals surface area contributed by atoms with E-state index in [2.05, 4.69) is 41.7 Å². The Balaban J connectivity index is 3.01. The van der Waals surface area contributed by atoms with E-state index in [1.165, 1.54) is 11.4 Å². The van der Waals surface area contributed by atoms with E-state index in [9.17, 15) is 8.42 Å². The van der Waals surface area contributed by atoms with Gasteiger partial charge < -0.3 is 5.32 Å². The molecule has 1 rings (SSSR count). The smallest absolute Gasteiger partial charge is 0.244 e. The summed E-state index contributed by atoms with van der Waals surface area (Å²) < 4.78 is 26.6. The number of likely N-dealkylation sites (N-methyl/N-ethyl adjacent to an activating group) is 1. The highest BCUT2D eigenvalue weighted by atomic mass is 79.9. The highest BCUT2D eigenvalue weighted by Gasteiger charge is 2.22. The SMILES string of the molecule is C=CCN(C)S(=O)(=O)c1ccc(CNC(C)C)cc1Br. The zero-order chi connectivity index (χ0) is 15.3. The summed E-state index contributed by atoms with van der Waals surface area (Å²) in [5, 5.41) is 3.30. The third kappa shape index (κ3) is 4.41. The van der Waals surface area contributed by atoms with Crippen molar-refractivity contribution in [2.24, 2.45) is 0 Å². The first-order valence-electron chi connectivity index (χ1n) is 6.38. The first-order valence-corrected chi connectivity index (χ1v) is 8.61. The Kier molecular flexibility index (Phi) is 6.39. The van der Waals surface area contributed by atoms with Crippen LogP contribution in [0.3, 0.4) is 0 Å². The molecule has 0 heterocycles. The Labute approximate surface area is 130 Å². The summed E-state index contributed by atoms with van der Waals surface area (Å²) in [6, 6.07) is 5.69. The van der Waals surface area contributed by atoms with Crippen LogP contribution in [0.5, 0.6) is 0 Å². The number of nitrogens with one attached hydrogen (secondary N) is 1. The maximum Gasteiger partial charge on any atom is 0.244 e. The van der Waals surface area contributed by atoms with Gasteiger partial charge in [0.25, 0.3) is 0 Å². The lowest BCUT2D eigenvalue weighted by atomic mass is 10.2. The monoisotopic (exact) mass is 360 g/mol. The summed E-state index contributed by atoms with van der Waals surface area (Å²) in [6.07, 6.45) is 1.56. The molecular formula is C14H21BrN2O2S. The molecule has 20 heavy (non-hydrogen) atoms. The van der Waals surface area contributed by atoms with Crippen molar-refractivity contribution in [3.63, 3.8) is 0 Å². The summed E-state index contributed by atoms with van der Waals surface area (Å²) >= 11 is 3.35. The van der Waals surface area contributed by atoms with E-state index in [1.807, 2.05) is 12.1 Å². The summed E-state index contributed by atoms with van der Waals surface area (Å²) in [5.41, 5.74) is 1.04. The Bertz CT molecular complexity index is 571. The fourth-order valence-corrected chi connectivity index (χ4v) is 3.86. The maximum atomic E-state index is 12.4. The number of nitrogens with zero attached hydrogens (tertiary/aromatic N) is 1. The second kappa shape index (κ2) is 7.36. The molecule has 0 saturated carbocycles. The van der Waals surface area contributed by atoms with Crippen LogP contribution in [0.2, 0.25) is 0 Å². The minimum absolute atomic E-state index is 0.273. The van der Waals surface area contributed by atoms with Gasteiger partial charge in [-0.2, -0.15) is 4.31 Å². The van der Waals surface area contributed by atoms with Gasteiger partial charge in [-0.3, -0.25) is 0 Å². The van der Waals surface area contributed by atoms with Crippen LogP contribution >= 0.6 is 15.9 Å². The fraction of sp³-hybridized carbons (Fsp3) is 0.429. The summed E-state index contributed by atoms with van der Waals surface area (Å²) in [6.45, 7) is 8.68. The van der Waals surface area contributed by atoms with Gasteiger partial charge in [-0.05, 0) is 33.6 Å². The van der Waals surface area contributed by atoms with Gasteiger partial charge >= 0.3 is 0 Å². The normalized spacial score (nSPS) is 12.1. The highest BCUT2D eigenvalue weighted by Crippen LogP contribution is 2.25. The van der Waals surface area contributed by atoms with E-state index < -0.39 is 10.0 Å². The van der Waals surface area contributed by atoms with Gasteiger partial charge in [0.15, 0.2) is 0 Å². The number of benzene rings is 1. The van der Waals surface area contributed by atoms with Gasteiger partial charge in [-0.15, -0.1) is 6.58 Å². The molecule has 1 aromatic rings. The molecule has 0 bridgehead atoms. The largest absolute Gasteiger partial charge is 0.310 e. The molecule has 0 aromatic heterocycles. The fourth-order valence-electron chi connectivity index (χ4n) is 1.63. The van der Waals surface area contributed by atoms with Crippen LogP contribution in [0, 0.1) is 0 Å². The molecule has 1 aromatic carbocycles. The average Bonchev–Trinajstić information content (AvgIpc) is 2.36. The lowest BCUT2D eigenvalue weighted by Crippen LogP contribution is -2.27. The van der Waals surface area contributed by atoms with Crippen molar-refractivity contribution in [3.05, 3.63) is 40.9 Å². The van der Waals surface area contributed by atoms with Gasteiger partial charge in [-0.25, -0.2) is 8.42 Å². The van der Waals surface area contributed by atoms with Gasteiger partial charge in [0.05, 0.1) is 4.90 Å². The molecule has 0 spiro atoms. The van der Waals surface area contributed by atoms with Crippen LogP contribution in [0.15, 0.2) is 40.2 Å². The minimum Gasteiger partial charge on any atom is -0.310 e. The standard InChI is InChI=1S/C14H21BrN2O2S/c1-5-8-17(4)20(18,19)14-7-6-12(9-13(14)15)10-16-11(2)3/h5-7,9,11,16H,1,8,10H2,2-4H3. The Morgan fingerprint density at radius 2 is 2.10 bits per heavy atom. The topological polar surface area (TPSA) is 49.4 Å². The summed E-state index contributed by atoms with van der Waals surface area (Å²) in [4.78, 5) is 0.273. The van der Waals surface area contributed by atoms with Crippen LogP contribution in [-0.4, -0.2) is 32.4 Å². The average molecular weight is 361 g/mol. The Morgan fingerprint density at radius 1 is 1.45 bits per heavy atom. The first-order chi connectivity index (χ1) is 9.28. The van der Waals surface area contributed by atoms with Gasteiger partial charge in [0.2, 0.25) is 10.0 Å². The van der Waals surface area contributed by atoms with E-state index >= 15 is 0 Å². The molecule has 0 aliphatic carbocycles. The molecule has 6 heteroatoms. The first kappa shape index (κ1) is 17.4. The van der Waals surface area contributed by atoms with E-state index in [0.717, 1.165) is 5.56 Å². The third-order valence-corrected chi connectivity index (χ3v) is 5.59. The van der Waals surface area contributed by atoms with Crippen molar-refractivity contribution < 1.29 is 8.42 Å². The quantitative estimate of drug-likeness (QED) is 0.760. The van der Waals surface area contributed by atoms with E-state index in [-0.39, 0.29) is 11.4 Å². The molecule has 0 amide bonds. The van der Waals surface area contributed by atoms with E-state index in [1.54, 1.807) is 12.1 Å². The lowest BCUT2D eigenvalue weighted by molar-refractivity contribution is 0.499. The van der Waals surface area contributed by atoms with Crippen molar-refractivity contribution in [2.75, 3.05) is 13.6 Å². The second-order valence-electron chi connectivity index (χ2n) is 4.87. The van der Waals surface area contributed by atoms with Crippen LogP contribution in [-0.2, 0) is 16.6 Å². The minimum atomic E-state index is -3.49. The van der Waals surface area contributed by atoms with E-state index in [0.29, 0.717) is 17.1 Å². The molecule has 0 saturated heterocycles. The number of hydrogen-bond donors (Lipinski definition) is 1. The molecular weight excluding hydrogens is 340 g/mol. The predicted octanol–water partition coefficient (Wildman–Crippen LogP) is 2.75. The molecule has 0 aliphatic rings. The van der Waals surface area contributed by atoms with Crippen molar-refractivity contribution in [2.45, 2.75) is 31.3 Å². The Morgan fingerprint density at radius 3 is 2.60 bits per heavy atom. The van der Waals surface area contributed by atoms with Crippen molar-refractivity contribution >= 4 is 26.0 Å². The number of sulfonamides is 1. The molecule has 1 N–H and O–H groups in total. The maximum absolute atomic E-state index is 12.4. The zero-order valence-corrected chi connectivity index (χ0v) is 14.5. The van der Waals surface area contributed by atoms with Crippen LogP contribution in [0.25, 0.3) is 0 Å². The highest BCUT2D eigenvalue weighted by molar-refractivity contribution is 9.10. The number of halogens is 1. The molecule has 0 atom stereocenters. The molecule has 4 nitrogen and oxygen atoms in total. The number of hydrogen-bond acceptors (Lipinski definition) is 3. The third-order valence-electron chi connectivity index (χ3n) is 2.79. The van der Waals surface area contributed by atoms with Crippen molar-refractivity contribution in [1.29, 1.82) is 0 Å². The molecule has 0 fully saturated rings. The summed E-state index contributed by atoms with van der Waals surface area (Å²) in [7, 11) is -1.95. The van der Waals surface area contributed by atoms with Crippen molar-refractivity contribution in [1.82, 2.24) is 9.62 Å². The number of rotatable bonds is 7. The second-order valence-corrected chi connectivity index (χ2v) is 7.74. The molecule has 0 radical (unpaired) electrons. The van der Waals surface area contributed by atoms with Crippen LogP contribution in [0.4, 0.5) is 0 Å². The van der Waals surface area contributed by atoms with Gasteiger partial charge in [-0.1, -0.05) is 26.0 Å². The zero-order valence-electron chi connectivity index (χ0n) is 12.1. The molecule has 112 valence electrons. The Hall–Kier alpha value is -0.690.